The van der Waals surface area contributed by atoms with Gasteiger partial charge in [0.1, 0.15) is 5.82 Å². The van der Waals surface area contributed by atoms with Gasteiger partial charge in [-0.1, -0.05) is 23.2 Å². The summed E-state index contributed by atoms with van der Waals surface area (Å²) >= 11 is 11.7. The van der Waals surface area contributed by atoms with Crippen LogP contribution in [-0.4, -0.2) is 40.5 Å². The van der Waals surface area contributed by atoms with Gasteiger partial charge < -0.3 is 15.1 Å². The van der Waals surface area contributed by atoms with Crippen molar-refractivity contribution in [2.24, 2.45) is 0 Å². The molecule has 1 aliphatic heterocycles. The van der Waals surface area contributed by atoms with Crippen molar-refractivity contribution in [3.05, 3.63) is 22.3 Å². The van der Waals surface area contributed by atoms with E-state index in [2.05, 4.69) is 4.98 Å². The predicted octanol–water partition coefficient (Wildman–Crippen LogP) is 0.930. The molecule has 0 bridgehead atoms. The molecule has 2 heterocycles. The fraction of sp³-hybridized carbons (Fsp3) is 0.444. The van der Waals surface area contributed by atoms with Gasteiger partial charge in [0.15, 0.2) is 0 Å². The van der Waals surface area contributed by atoms with Crippen LogP contribution in [0.25, 0.3) is 0 Å². The molecule has 1 aliphatic rings. The summed E-state index contributed by atoms with van der Waals surface area (Å²) in [5, 5.41) is 19.7. The monoisotopic (exact) mass is 248 g/mol. The molecule has 0 aromatic carbocycles. The first-order valence-electron chi connectivity index (χ1n) is 4.50. The van der Waals surface area contributed by atoms with Crippen molar-refractivity contribution in [3.8, 4) is 0 Å². The second-order valence-electron chi connectivity index (χ2n) is 3.50. The molecular formula is C9H10Cl2N2O2. The third-order valence-corrected chi connectivity index (χ3v) is 2.83. The maximum absolute atomic E-state index is 9.39. The molecule has 0 radical (unpaired) electrons. The Bertz CT molecular complexity index is 365. The Kier molecular flexibility index (Phi) is 3.02. The van der Waals surface area contributed by atoms with Crippen LogP contribution < -0.4 is 4.90 Å². The average molecular weight is 249 g/mol. The highest BCUT2D eigenvalue weighted by atomic mass is 35.5. The number of aliphatic hydroxyl groups excluding tert-OH is 2. The Hall–Kier alpha value is -0.550. The molecule has 2 unspecified atom stereocenters. The molecule has 1 saturated heterocycles. The Morgan fingerprint density at radius 2 is 1.87 bits per heavy atom. The van der Waals surface area contributed by atoms with Gasteiger partial charge in [0, 0.05) is 19.3 Å². The van der Waals surface area contributed by atoms with Crippen LogP contribution >= 0.6 is 23.2 Å². The Morgan fingerprint density at radius 1 is 1.27 bits per heavy atom. The lowest BCUT2D eigenvalue weighted by Crippen LogP contribution is -2.22. The number of aliphatic hydroxyl groups is 2. The van der Waals surface area contributed by atoms with Crippen molar-refractivity contribution < 1.29 is 10.2 Å². The summed E-state index contributed by atoms with van der Waals surface area (Å²) in [6.45, 7) is 0.658. The lowest BCUT2D eigenvalue weighted by atomic mass is 10.3. The van der Waals surface area contributed by atoms with Crippen LogP contribution in [0.3, 0.4) is 0 Å². The number of anilines is 1. The van der Waals surface area contributed by atoms with Crippen molar-refractivity contribution in [1.29, 1.82) is 0 Å². The number of hydrogen-bond donors (Lipinski definition) is 2. The highest BCUT2D eigenvalue weighted by Gasteiger charge is 2.31. The van der Waals surface area contributed by atoms with Gasteiger partial charge in [-0.15, -0.1) is 0 Å². The van der Waals surface area contributed by atoms with Gasteiger partial charge >= 0.3 is 0 Å². The summed E-state index contributed by atoms with van der Waals surface area (Å²) in [7, 11) is 0. The number of pyridine rings is 1. The standard InChI is InChI=1S/C9H10Cl2N2O2/c10-5-1-6(11)9(12-2-5)13-3-7(14)8(15)4-13/h1-2,7-8,14-15H,3-4H2. The number of aromatic nitrogens is 1. The van der Waals surface area contributed by atoms with E-state index in [0.717, 1.165) is 0 Å². The second-order valence-corrected chi connectivity index (χ2v) is 4.34. The predicted molar refractivity (Wildman–Crippen MR) is 58.5 cm³/mol. The Labute approximate surface area is 97.1 Å². The summed E-state index contributed by atoms with van der Waals surface area (Å²) in [6.07, 6.45) is -0.0167. The van der Waals surface area contributed by atoms with Crippen molar-refractivity contribution in [3.63, 3.8) is 0 Å². The molecule has 0 aliphatic carbocycles. The first-order chi connectivity index (χ1) is 7.08. The second kappa shape index (κ2) is 4.14. The number of nitrogens with zero attached hydrogens (tertiary/aromatic N) is 2. The molecule has 1 fully saturated rings. The minimum atomic E-state index is -0.751. The van der Waals surface area contributed by atoms with E-state index in [9.17, 15) is 10.2 Å². The van der Waals surface area contributed by atoms with E-state index in [-0.39, 0.29) is 0 Å². The SMILES string of the molecule is OC1CN(c2ncc(Cl)cc2Cl)CC1O. The van der Waals surface area contributed by atoms with Gasteiger partial charge in [0.25, 0.3) is 0 Å². The first-order valence-corrected chi connectivity index (χ1v) is 5.25. The minimum absolute atomic E-state index is 0.329. The topological polar surface area (TPSA) is 56.6 Å². The van der Waals surface area contributed by atoms with Crippen LogP contribution in [0.4, 0.5) is 5.82 Å². The molecule has 6 heteroatoms. The van der Waals surface area contributed by atoms with Crippen molar-refractivity contribution >= 4 is 29.0 Å². The van der Waals surface area contributed by atoms with Crippen molar-refractivity contribution in [1.82, 2.24) is 4.98 Å². The van der Waals surface area contributed by atoms with E-state index in [1.165, 1.54) is 6.20 Å². The van der Waals surface area contributed by atoms with E-state index < -0.39 is 12.2 Å². The molecule has 1 aromatic rings. The summed E-state index contributed by atoms with van der Waals surface area (Å²) in [5.74, 6) is 0.539. The zero-order valence-corrected chi connectivity index (χ0v) is 9.28. The van der Waals surface area contributed by atoms with Crippen molar-refractivity contribution in [2.45, 2.75) is 12.2 Å². The normalized spacial score (nSPS) is 26.0. The van der Waals surface area contributed by atoms with E-state index in [0.29, 0.717) is 29.0 Å². The quantitative estimate of drug-likeness (QED) is 0.777. The molecule has 0 saturated carbocycles. The van der Waals surface area contributed by atoms with Crippen LogP contribution in [0, 0.1) is 0 Å². The number of rotatable bonds is 1. The molecule has 4 nitrogen and oxygen atoms in total. The smallest absolute Gasteiger partial charge is 0.147 e. The zero-order chi connectivity index (χ0) is 11.0. The Morgan fingerprint density at radius 3 is 2.40 bits per heavy atom. The van der Waals surface area contributed by atoms with Gasteiger partial charge in [-0.25, -0.2) is 4.98 Å². The lowest BCUT2D eigenvalue weighted by molar-refractivity contribution is 0.0572. The van der Waals surface area contributed by atoms with Crippen LogP contribution in [-0.2, 0) is 0 Å². The molecule has 0 spiro atoms. The third-order valence-electron chi connectivity index (χ3n) is 2.35. The zero-order valence-electron chi connectivity index (χ0n) is 7.77. The van der Waals surface area contributed by atoms with Crippen LogP contribution in [0.2, 0.25) is 10.0 Å². The molecule has 0 amide bonds. The molecule has 82 valence electrons. The molecule has 2 N–H and O–H groups in total. The lowest BCUT2D eigenvalue weighted by Gasteiger charge is -2.17. The van der Waals surface area contributed by atoms with Gasteiger partial charge in [-0.3, -0.25) is 0 Å². The summed E-state index contributed by atoms with van der Waals surface area (Å²) < 4.78 is 0. The number of β-amino-alcohol motifs (C(OH)–C–C–N with tert-alkyl or cyclic N) is 2. The van der Waals surface area contributed by atoms with Crippen LogP contribution in [0.15, 0.2) is 12.3 Å². The van der Waals surface area contributed by atoms with E-state index in [4.69, 9.17) is 23.2 Å². The van der Waals surface area contributed by atoms with E-state index >= 15 is 0 Å². The maximum atomic E-state index is 9.39. The number of halogens is 2. The largest absolute Gasteiger partial charge is 0.389 e. The van der Waals surface area contributed by atoms with Crippen LogP contribution in [0.1, 0.15) is 0 Å². The fourth-order valence-electron chi connectivity index (χ4n) is 1.58. The Balaban J connectivity index is 2.24. The summed E-state index contributed by atoms with van der Waals surface area (Å²) in [5.41, 5.74) is 0. The minimum Gasteiger partial charge on any atom is -0.389 e. The van der Waals surface area contributed by atoms with Gasteiger partial charge in [0.05, 0.1) is 22.3 Å². The third kappa shape index (κ3) is 2.18. The molecule has 15 heavy (non-hydrogen) atoms. The van der Waals surface area contributed by atoms with Crippen LogP contribution in [0.5, 0.6) is 0 Å². The van der Waals surface area contributed by atoms with Gasteiger partial charge in [-0.05, 0) is 6.07 Å². The molecule has 1 aromatic heterocycles. The average Bonchev–Trinajstić information content (AvgIpc) is 2.46. The maximum Gasteiger partial charge on any atom is 0.147 e. The molecule has 2 rings (SSSR count). The van der Waals surface area contributed by atoms with Gasteiger partial charge in [0.2, 0.25) is 0 Å². The fourth-order valence-corrected chi connectivity index (χ4v) is 2.08. The summed E-state index contributed by atoms with van der Waals surface area (Å²) in [4.78, 5) is 5.80. The van der Waals surface area contributed by atoms with E-state index in [1.54, 1.807) is 11.0 Å². The summed E-state index contributed by atoms with van der Waals surface area (Å²) in [6, 6.07) is 1.59. The molecular weight excluding hydrogens is 239 g/mol. The number of hydrogen-bond acceptors (Lipinski definition) is 4. The highest BCUT2D eigenvalue weighted by Crippen LogP contribution is 2.28. The van der Waals surface area contributed by atoms with Crippen molar-refractivity contribution in [2.75, 3.05) is 18.0 Å². The first kappa shape index (κ1) is 11.0. The van der Waals surface area contributed by atoms with E-state index in [1.807, 2.05) is 0 Å². The highest BCUT2D eigenvalue weighted by molar-refractivity contribution is 6.36. The molecule has 2 atom stereocenters. The van der Waals surface area contributed by atoms with Gasteiger partial charge in [-0.2, -0.15) is 0 Å².